The lowest BCUT2D eigenvalue weighted by Gasteiger charge is -2.06. The zero-order valence-electron chi connectivity index (χ0n) is 10.4. The molecular formula is C15H10BrClN2O. The highest BCUT2D eigenvalue weighted by molar-refractivity contribution is 9.10. The Hall–Kier alpha value is -1.83. The largest absolute Gasteiger partial charge is 0.322 e. The number of carbonyl (C=O) groups excluding carboxylic acids is 1. The van der Waals surface area contributed by atoms with E-state index in [4.69, 9.17) is 16.9 Å². The predicted molar refractivity (Wildman–Crippen MR) is 82.9 cm³/mol. The van der Waals surface area contributed by atoms with Crippen LogP contribution in [0.5, 0.6) is 0 Å². The summed E-state index contributed by atoms with van der Waals surface area (Å²) in [5.41, 5.74) is 2.12. The highest BCUT2D eigenvalue weighted by Crippen LogP contribution is 2.23. The van der Waals surface area contributed by atoms with E-state index in [1.54, 1.807) is 30.3 Å². The van der Waals surface area contributed by atoms with Gasteiger partial charge in [-0.2, -0.15) is 5.26 Å². The molecule has 2 aromatic carbocycles. The van der Waals surface area contributed by atoms with E-state index in [-0.39, 0.29) is 5.91 Å². The molecule has 0 spiro atoms. The second kappa shape index (κ2) is 6.56. The standard InChI is InChI=1S/C15H10BrClN2O/c16-13-9-11(3-6-14(13)17)15(20)19-12-4-1-10(2-5-12)7-8-18/h1-6,9H,7H2,(H,19,20). The Morgan fingerprint density at radius 1 is 1.25 bits per heavy atom. The van der Waals surface area contributed by atoms with Crippen LogP contribution in [0.4, 0.5) is 5.69 Å². The molecule has 0 saturated heterocycles. The van der Waals surface area contributed by atoms with Crippen molar-refractivity contribution in [1.82, 2.24) is 0 Å². The van der Waals surface area contributed by atoms with Crippen molar-refractivity contribution in [2.45, 2.75) is 6.42 Å². The maximum absolute atomic E-state index is 12.1. The van der Waals surface area contributed by atoms with Crippen molar-refractivity contribution in [3.8, 4) is 6.07 Å². The molecule has 1 N–H and O–H groups in total. The quantitative estimate of drug-likeness (QED) is 0.891. The van der Waals surface area contributed by atoms with E-state index in [1.165, 1.54) is 0 Å². The zero-order valence-corrected chi connectivity index (χ0v) is 12.7. The van der Waals surface area contributed by atoms with Gasteiger partial charge in [0.1, 0.15) is 0 Å². The third-order valence-electron chi connectivity index (χ3n) is 2.68. The Balaban J connectivity index is 2.11. The first-order chi connectivity index (χ1) is 9.60. The van der Waals surface area contributed by atoms with E-state index in [2.05, 4.69) is 27.3 Å². The maximum Gasteiger partial charge on any atom is 0.255 e. The van der Waals surface area contributed by atoms with Gasteiger partial charge in [-0.1, -0.05) is 23.7 Å². The third-order valence-corrected chi connectivity index (χ3v) is 3.89. The van der Waals surface area contributed by atoms with E-state index in [1.807, 2.05) is 12.1 Å². The number of hydrogen-bond donors (Lipinski definition) is 1. The molecule has 100 valence electrons. The molecule has 0 aliphatic rings. The fourth-order valence-corrected chi connectivity index (χ4v) is 2.13. The minimum absolute atomic E-state index is 0.213. The molecule has 2 rings (SSSR count). The summed E-state index contributed by atoms with van der Waals surface area (Å²) in [7, 11) is 0. The summed E-state index contributed by atoms with van der Waals surface area (Å²) < 4.78 is 0.677. The van der Waals surface area contributed by atoms with Gasteiger partial charge in [-0.3, -0.25) is 4.79 Å². The molecule has 0 saturated carbocycles. The van der Waals surface area contributed by atoms with Crippen molar-refractivity contribution in [1.29, 1.82) is 5.26 Å². The summed E-state index contributed by atoms with van der Waals surface area (Å²) >= 11 is 9.17. The van der Waals surface area contributed by atoms with Gasteiger partial charge in [0.2, 0.25) is 0 Å². The Labute approximate surface area is 130 Å². The van der Waals surface area contributed by atoms with Crippen LogP contribution in [0.2, 0.25) is 5.02 Å². The highest BCUT2D eigenvalue weighted by atomic mass is 79.9. The summed E-state index contributed by atoms with van der Waals surface area (Å²) in [5.74, 6) is -0.213. The van der Waals surface area contributed by atoms with Crippen LogP contribution in [0.3, 0.4) is 0 Å². The highest BCUT2D eigenvalue weighted by Gasteiger charge is 2.08. The topological polar surface area (TPSA) is 52.9 Å². The first-order valence-corrected chi connectivity index (χ1v) is 6.99. The van der Waals surface area contributed by atoms with E-state index in [9.17, 15) is 4.79 Å². The van der Waals surface area contributed by atoms with Gasteiger partial charge in [-0.15, -0.1) is 0 Å². The van der Waals surface area contributed by atoms with Crippen molar-refractivity contribution in [2.24, 2.45) is 0 Å². The lowest BCUT2D eigenvalue weighted by atomic mass is 10.1. The SMILES string of the molecule is N#CCc1ccc(NC(=O)c2ccc(Cl)c(Br)c2)cc1. The zero-order chi connectivity index (χ0) is 14.5. The van der Waals surface area contributed by atoms with Crippen molar-refractivity contribution in [2.75, 3.05) is 5.32 Å². The van der Waals surface area contributed by atoms with Gasteiger partial charge in [-0.05, 0) is 51.8 Å². The Bertz CT molecular complexity index is 677. The van der Waals surface area contributed by atoms with E-state index >= 15 is 0 Å². The van der Waals surface area contributed by atoms with Crippen molar-refractivity contribution < 1.29 is 4.79 Å². The van der Waals surface area contributed by atoms with Gasteiger partial charge in [0.15, 0.2) is 0 Å². The maximum atomic E-state index is 12.1. The second-order valence-electron chi connectivity index (χ2n) is 4.11. The molecular weight excluding hydrogens is 340 g/mol. The molecule has 3 nitrogen and oxygen atoms in total. The summed E-state index contributed by atoms with van der Waals surface area (Å²) in [5, 5.41) is 11.9. The minimum atomic E-state index is -0.213. The number of amides is 1. The lowest BCUT2D eigenvalue weighted by Crippen LogP contribution is -2.11. The molecule has 0 aromatic heterocycles. The summed E-state index contributed by atoms with van der Waals surface area (Å²) in [6.07, 6.45) is 0.359. The van der Waals surface area contributed by atoms with Crippen LogP contribution in [0.25, 0.3) is 0 Å². The third kappa shape index (κ3) is 3.60. The smallest absolute Gasteiger partial charge is 0.255 e. The summed E-state index contributed by atoms with van der Waals surface area (Å²) in [6, 6.07) is 14.2. The van der Waals surface area contributed by atoms with Gasteiger partial charge in [0.25, 0.3) is 5.91 Å². The van der Waals surface area contributed by atoms with Crippen molar-refractivity contribution in [3.05, 3.63) is 63.1 Å². The molecule has 0 atom stereocenters. The molecule has 0 heterocycles. The van der Waals surface area contributed by atoms with Gasteiger partial charge < -0.3 is 5.32 Å². The number of nitrogens with one attached hydrogen (secondary N) is 1. The van der Waals surface area contributed by atoms with Gasteiger partial charge in [0.05, 0.1) is 17.5 Å². The van der Waals surface area contributed by atoms with Crippen molar-refractivity contribution >= 4 is 39.1 Å². The molecule has 0 aliphatic carbocycles. The number of nitriles is 1. The van der Waals surface area contributed by atoms with Crippen LogP contribution in [0.15, 0.2) is 46.9 Å². The van der Waals surface area contributed by atoms with Crippen LogP contribution in [0.1, 0.15) is 15.9 Å². The number of hydrogen-bond acceptors (Lipinski definition) is 2. The number of rotatable bonds is 3. The van der Waals surface area contributed by atoms with E-state index in [0.29, 0.717) is 27.2 Å². The number of benzene rings is 2. The molecule has 0 fully saturated rings. The normalized spacial score (nSPS) is 9.85. The Kier molecular flexibility index (Phi) is 4.78. The number of anilines is 1. The predicted octanol–water partition coefficient (Wildman–Crippen LogP) is 4.42. The monoisotopic (exact) mass is 348 g/mol. The summed E-state index contributed by atoms with van der Waals surface area (Å²) in [4.78, 5) is 12.1. The van der Waals surface area contributed by atoms with E-state index < -0.39 is 0 Å². The molecule has 0 aliphatic heterocycles. The molecule has 2 aromatic rings. The van der Waals surface area contributed by atoms with Gasteiger partial charge in [-0.25, -0.2) is 0 Å². The fraction of sp³-hybridized carbons (Fsp3) is 0.0667. The van der Waals surface area contributed by atoms with E-state index in [0.717, 1.165) is 5.56 Å². The van der Waals surface area contributed by atoms with Crippen molar-refractivity contribution in [3.63, 3.8) is 0 Å². The average Bonchev–Trinajstić information content (AvgIpc) is 2.44. The molecule has 5 heteroatoms. The van der Waals surface area contributed by atoms with Gasteiger partial charge in [0, 0.05) is 15.7 Å². The first-order valence-electron chi connectivity index (χ1n) is 5.82. The Morgan fingerprint density at radius 2 is 1.95 bits per heavy atom. The number of halogens is 2. The first kappa shape index (κ1) is 14.6. The second-order valence-corrected chi connectivity index (χ2v) is 5.38. The molecule has 0 radical (unpaired) electrons. The molecule has 0 unspecified atom stereocenters. The van der Waals surface area contributed by atoms with Crippen LogP contribution in [0, 0.1) is 11.3 Å². The summed E-state index contributed by atoms with van der Waals surface area (Å²) in [6.45, 7) is 0. The Morgan fingerprint density at radius 3 is 2.55 bits per heavy atom. The van der Waals surface area contributed by atoms with Crippen LogP contribution < -0.4 is 5.32 Å². The van der Waals surface area contributed by atoms with Crippen LogP contribution >= 0.6 is 27.5 Å². The number of nitrogens with zero attached hydrogens (tertiary/aromatic N) is 1. The average molecular weight is 350 g/mol. The fourth-order valence-electron chi connectivity index (χ4n) is 1.64. The molecule has 1 amide bonds. The number of carbonyl (C=O) groups is 1. The van der Waals surface area contributed by atoms with Crippen LogP contribution in [-0.4, -0.2) is 5.91 Å². The molecule has 0 bridgehead atoms. The minimum Gasteiger partial charge on any atom is -0.322 e. The van der Waals surface area contributed by atoms with Crippen LogP contribution in [-0.2, 0) is 6.42 Å². The van der Waals surface area contributed by atoms with Gasteiger partial charge >= 0.3 is 0 Å². The molecule has 20 heavy (non-hydrogen) atoms. The lowest BCUT2D eigenvalue weighted by molar-refractivity contribution is 0.102.